The molecule has 20 heavy (non-hydrogen) atoms. The molecule has 4 amide bonds. The van der Waals surface area contributed by atoms with Crippen molar-refractivity contribution in [2.24, 2.45) is 0 Å². The minimum absolute atomic E-state index is 0.0163. The maximum atomic E-state index is 12.2. The van der Waals surface area contributed by atoms with Gasteiger partial charge in [-0.05, 0) is 31.6 Å². The molecule has 0 bridgehead atoms. The smallest absolute Gasteiger partial charge is 0.273 e. The van der Waals surface area contributed by atoms with Crippen molar-refractivity contribution in [3.05, 3.63) is 27.5 Å². The van der Waals surface area contributed by atoms with Gasteiger partial charge < -0.3 is 0 Å². The summed E-state index contributed by atoms with van der Waals surface area (Å²) < 4.78 is 0. The second-order valence-corrected chi connectivity index (χ2v) is 5.90. The van der Waals surface area contributed by atoms with Crippen molar-refractivity contribution >= 4 is 35.3 Å². The first-order valence-corrected chi connectivity index (χ1v) is 7.30. The van der Waals surface area contributed by atoms with Crippen LogP contribution in [0.3, 0.4) is 0 Å². The first-order valence-electron chi connectivity index (χ1n) is 6.48. The van der Waals surface area contributed by atoms with Gasteiger partial charge in [0.05, 0.1) is 0 Å². The fourth-order valence-corrected chi connectivity index (χ4v) is 2.71. The van der Waals surface area contributed by atoms with Crippen LogP contribution in [0.25, 0.3) is 6.08 Å². The predicted molar refractivity (Wildman–Crippen MR) is 77.2 cm³/mol. The van der Waals surface area contributed by atoms with Gasteiger partial charge in [-0.25, -0.2) is 4.79 Å². The van der Waals surface area contributed by atoms with Gasteiger partial charge in [0.2, 0.25) is 0 Å². The first-order chi connectivity index (χ1) is 9.52. The number of imide groups is 2. The zero-order chi connectivity index (χ0) is 14.7. The van der Waals surface area contributed by atoms with E-state index in [4.69, 9.17) is 0 Å². The molecule has 1 aromatic rings. The molecule has 1 aliphatic rings. The maximum Gasteiger partial charge on any atom is 0.331 e. The molecule has 106 valence electrons. The number of hydrogen-bond donors (Lipinski definition) is 1. The molecule has 0 saturated carbocycles. The maximum absolute atomic E-state index is 12.2. The van der Waals surface area contributed by atoms with Crippen LogP contribution in [0.5, 0.6) is 0 Å². The Morgan fingerprint density at radius 2 is 2.05 bits per heavy atom. The van der Waals surface area contributed by atoms with Crippen LogP contribution >= 0.6 is 11.3 Å². The first kappa shape index (κ1) is 14.5. The zero-order valence-corrected chi connectivity index (χ0v) is 12.3. The minimum atomic E-state index is -0.632. The summed E-state index contributed by atoms with van der Waals surface area (Å²) >= 11 is 1.49. The summed E-state index contributed by atoms with van der Waals surface area (Å²) in [6.45, 7) is 4.25. The Kier molecular flexibility index (Phi) is 4.34. The Hall–Kier alpha value is -1.95. The van der Waals surface area contributed by atoms with E-state index in [0.717, 1.165) is 27.5 Å². The summed E-state index contributed by atoms with van der Waals surface area (Å²) in [7, 11) is 0. The lowest BCUT2D eigenvalue weighted by Crippen LogP contribution is -2.54. The number of carbonyl (C=O) groups excluding carboxylic acids is 3. The lowest BCUT2D eigenvalue weighted by molar-refractivity contribution is -0.130. The third-order valence-electron chi connectivity index (χ3n) is 2.97. The molecule has 0 spiro atoms. The van der Waals surface area contributed by atoms with E-state index in [1.807, 2.05) is 26.0 Å². The third-order valence-corrected chi connectivity index (χ3v) is 3.92. The summed E-state index contributed by atoms with van der Waals surface area (Å²) in [6.07, 6.45) is 3.13. The fourth-order valence-electron chi connectivity index (χ4n) is 1.89. The van der Waals surface area contributed by atoms with Crippen LogP contribution in [0.2, 0.25) is 0 Å². The lowest BCUT2D eigenvalue weighted by Gasteiger charge is -2.26. The zero-order valence-electron chi connectivity index (χ0n) is 11.4. The van der Waals surface area contributed by atoms with Crippen molar-refractivity contribution in [1.29, 1.82) is 0 Å². The van der Waals surface area contributed by atoms with Gasteiger partial charge >= 0.3 is 6.03 Å². The van der Waals surface area contributed by atoms with Gasteiger partial charge in [-0.1, -0.05) is 13.3 Å². The second-order valence-electron chi connectivity index (χ2n) is 4.58. The summed E-state index contributed by atoms with van der Waals surface area (Å²) in [4.78, 5) is 38.7. The number of amides is 4. The van der Waals surface area contributed by atoms with Crippen LogP contribution in [0.15, 0.2) is 17.7 Å². The largest absolute Gasteiger partial charge is 0.331 e. The summed E-state index contributed by atoms with van der Waals surface area (Å²) in [5, 5.41) is 2.21. The van der Waals surface area contributed by atoms with Crippen molar-refractivity contribution in [3.63, 3.8) is 0 Å². The van der Waals surface area contributed by atoms with Gasteiger partial charge in [-0.3, -0.25) is 19.8 Å². The van der Waals surface area contributed by atoms with E-state index >= 15 is 0 Å². The molecule has 1 fully saturated rings. The van der Waals surface area contributed by atoms with E-state index in [-0.39, 0.29) is 5.57 Å². The highest BCUT2D eigenvalue weighted by Crippen LogP contribution is 2.20. The van der Waals surface area contributed by atoms with Crippen molar-refractivity contribution in [2.75, 3.05) is 6.54 Å². The average molecular weight is 292 g/mol. The van der Waals surface area contributed by atoms with E-state index in [1.165, 1.54) is 11.3 Å². The molecule has 1 saturated heterocycles. The van der Waals surface area contributed by atoms with Crippen molar-refractivity contribution in [2.45, 2.75) is 26.7 Å². The van der Waals surface area contributed by atoms with Gasteiger partial charge in [0.25, 0.3) is 11.8 Å². The molecule has 0 aliphatic carbocycles. The van der Waals surface area contributed by atoms with Gasteiger partial charge in [0.15, 0.2) is 0 Å². The molecular formula is C14H16N2O3S. The number of rotatable bonds is 4. The molecule has 1 N–H and O–H groups in total. The fraction of sp³-hybridized carbons (Fsp3) is 0.357. The van der Waals surface area contributed by atoms with Crippen LogP contribution in [-0.2, 0) is 9.59 Å². The van der Waals surface area contributed by atoms with Crippen LogP contribution < -0.4 is 5.32 Å². The molecule has 0 radical (unpaired) electrons. The Balaban J connectivity index is 2.27. The highest BCUT2D eigenvalue weighted by molar-refractivity contribution is 7.12. The summed E-state index contributed by atoms with van der Waals surface area (Å²) in [5.41, 5.74) is 0.0163. The van der Waals surface area contributed by atoms with E-state index in [9.17, 15) is 14.4 Å². The van der Waals surface area contributed by atoms with Gasteiger partial charge in [-0.2, -0.15) is 0 Å². The number of nitrogens with zero attached hydrogens (tertiary/aromatic N) is 1. The molecule has 0 atom stereocenters. The molecule has 0 aromatic carbocycles. The van der Waals surface area contributed by atoms with Crippen molar-refractivity contribution in [3.8, 4) is 0 Å². The Bertz CT molecular complexity index is 589. The van der Waals surface area contributed by atoms with Gasteiger partial charge in [0, 0.05) is 16.3 Å². The number of thiophene rings is 1. The average Bonchev–Trinajstić information content (AvgIpc) is 2.80. The number of carbonyl (C=O) groups is 3. The Morgan fingerprint density at radius 3 is 2.65 bits per heavy atom. The summed E-state index contributed by atoms with van der Waals surface area (Å²) in [5.74, 6) is -1.14. The number of aryl methyl sites for hydroxylation is 1. The number of hydrogen-bond acceptors (Lipinski definition) is 4. The Morgan fingerprint density at radius 1 is 1.30 bits per heavy atom. The van der Waals surface area contributed by atoms with Gasteiger partial charge in [0.1, 0.15) is 5.57 Å². The topological polar surface area (TPSA) is 66.5 Å². The van der Waals surface area contributed by atoms with Gasteiger partial charge in [-0.15, -0.1) is 11.3 Å². The van der Waals surface area contributed by atoms with E-state index in [0.29, 0.717) is 6.54 Å². The number of nitrogens with one attached hydrogen (secondary N) is 1. The summed E-state index contributed by atoms with van der Waals surface area (Å²) in [6, 6.07) is 3.13. The van der Waals surface area contributed by atoms with Crippen molar-refractivity contribution in [1.82, 2.24) is 10.2 Å². The molecular weight excluding hydrogens is 276 g/mol. The third kappa shape index (κ3) is 2.96. The molecule has 6 heteroatoms. The highest BCUT2D eigenvalue weighted by Gasteiger charge is 2.35. The minimum Gasteiger partial charge on any atom is -0.273 e. The molecule has 2 heterocycles. The standard InChI is InChI=1S/C14H16N2O3S/c1-3-4-7-16-13(18)11(12(17)15-14(16)19)8-10-6-5-9(2)20-10/h5-6,8H,3-4,7H2,1-2H3,(H,15,17,19). The van der Waals surface area contributed by atoms with Crippen LogP contribution in [-0.4, -0.2) is 29.3 Å². The number of barbiturate groups is 1. The van der Waals surface area contributed by atoms with E-state index < -0.39 is 17.8 Å². The van der Waals surface area contributed by atoms with Crippen molar-refractivity contribution < 1.29 is 14.4 Å². The number of unbranched alkanes of at least 4 members (excludes halogenated alkanes) is 1. The molecule has 5 nitrogen and oxygen atoms in total. The molecule has 0 unspecified atom stereocenters. The second kappa shape index (κ2) is 6.00. The van der Waals surface area contributed by atoms with E-state index in [1.54, 1.807) is 6.08 Å². The van der Waals surface area contributed by atoms with Crippen LogP contribution in [0.4, 0.5) is 4.79 Å². The highest BCUT2D eigenvalue weighted by atomic mass is 32.1. The molecule has 1 aliphatic heterocycles. The van der Waals surface area contributed by atoms with E-state index in [2.05, 4.69) is 5.32 Å². The molecule has 1 aromatic heterocycles. The van der Waals surface area contributed by atoms with Crippen LogP contribution in [0, 0.1) is 6.92 Å². The molecule has 2 rings (SSSR count). The predicted octanol–water partition coefficient (Wildman–Crippen LogP) is 2.32. The SMILES string of the molecule is CCCCN1C(=O)NC(=O)C(=Cc2ccc(C)s2)C1=O. The monoisotopic (exact) mass is 292 g/mol. The lowest BCUT2D eigenvalue weighted by atomic mass is 10.1. The number of urea groups is 1. The normalized spacial score (nSPS) is 17.8. The Labute approximate surface area is 121 Å². The van der Waals surface area contributed by atoms with Crippen LogP contribution in [0.1, 0.15) is 29.5 Å². The quantitative estimate of drug-likeness (QED) is 0.684.